The molecule has 0 aliphatic rings. The second-order valence-corrected chi connectivity index (χ2v) is 6.04. The van der Waals surface area contributed by atoms with E-state index in [9.17, 15) is 9.18 Å². The molecular formula is C16H10BrClFN3O. The molecule has 0 radical (unpaired) electrons. The molecule has 0 atom stereocenters. The molecule has 2 N–H and O–H groups in total. The van der Waals surface area contributed by atoms with Crippen LogP contribution in [0.4, 0.5) is 10.1 Å². The zero-order valence-corrected chi connectivity index (χ0v) is 14.0. The van der Waals surface area contributed by atoms with Gasteiger partial charge in [-0.15, -0.1) is 0 Å². The summed E-state index contributed by atoms with van der Waals surface area (Å²) < 4.78 is 13.5. The summed E-state index contributed by atoms with van der Waals surface area (Å²) >= 11 is 9.05. The second kappa shape index (κ2) is 6.52. The van der Waals surface area contributed by atoms with Crippen molar-refractivity contribution in [1.82, 2.24) is 10.2 Å². The van der Waals surface area contributed by atoms with Gasteiger partial charge in [-0.1, -0.05) is 23.7 Å². The molecule has 4 nitrogen and oxygen atoms in total. The molecule has 0 spiro atoms. The lowest BCUT2D eigenvalue weighted by atomic mass is 10.1. The van der Waals surface area contributed by atoms with E-state index in [-0.39, 0.29) is 11.7 Å². The van der Waals surface area contributed by atoms with Crippen molar-refractivity contribution >= 4 is 39.1 Å². The van der Waals surface area contributed by atoms with E-state index in [2.05, 4.69) is 31.4 Å². The molecule has 0 aliphatic carbocycles. The topological polar surface area (TPSA) is 57.8 Å². The van der Waals surface area contributed by atoms with E-state index in [1.54, 1.807) is 18.2 Å². The summed E-state index contributed by atoms with van der Waals surface area (Å²) in [6, 6.07) is 12.8. The predicted molar refractivity (Wildman–Crippen MR) is 91.1 cm³/mol. The number of aromatic amines is 1. The molecular weight excluding hydrogens is 385 g/mol. The molecule has 1 amide bonds. The maximum atomic E-state index is 13.1. The SMILES string of the molecule is O=C(Nc1ccc(F)cc1Br)c1cc(-c2ccc(Cl)cc2)n[nH]1. The molecule has 0 bridgehead atoms. The summed E-state index contributed by atoms with van der Waals surface area (Å²) in [4.78, 5) is 12.2. The fraction of sp³-hybridized carbons (Fsp3) is 0. The molecule has 116 valence electrons. The van der Waals surface area contributed by atoms with Gasteiger partial charge in [0.1, 0.15) is 11.5 Å². The third-order valence-corrected chi connectivity index (χ3v) is 4.05. The highest BCUT2D eigenvalue weighted by atomic mass is 79.9. The van der Waals surface area contributed by atoms with Crippen molar-refractivity contribution in [2.24, 2.45) is 0 Å². The van der Waals surface area contributed by atoms with Gasteiger partial charge >= 0.3 is 0 Å². The molecule has 0 fully saturated rings. The number of hydrogen-bond acceptors (Lipinski definition) is 2. The number of H-pyrrole nitrogens is 1. The lowest BCUT2D eigenvalue weighted by Crippen LogP contribution is -2.12. The van der Waals surface area contributed by atoms with Gasteiger partial charge in [0.05, 0.1) is 11.4 Å². The third kappa shape index (κ3) is 3.60. The Hall–Kier alpha value is -2.18. The van der Waals surface area contributed by atoms with Crippen LogP contribution in [0.5, 0.6) is 0 Å². The van der Waals surface area contributed by atoms with Gasteiger partial charge in [0.25, 0.3) is 5.91 Å². The zero-order valence-electron chi connectivity index (χ0n) is 11.6. The Bertz CT molecular complexity index is 864. The van der Waals surface area contributed by atoms with Gasteiger partial charge in [0, 0.05) is 15.1 Å². The van der Waals surface area contributed by atoms with Crippen LogP contribution >= 0.6 is 27.5 Å². The molecule has 0 saturated heterocycles. The summed E-state index contributed by atoms with van der Waals surface area (Å²) in [5, 5.41) is 10.1. The van der Waals surface area contributed by atoms with Crippen LogP contribution in [0.25, 0.3) is 11.3 Å². The van der Waals surface area contributed by atoms with Gasteiger partial charge < -0.3 is 5.32 Å². The Labute approximate surface area is 144 Å². The van der Waals surface area contributed by atoms with E-state index in [1.165, 1.54) is 18.2 Å². The first-order chi connectivity index (χ1) is 11.0. The largest absolute Gasteiger partial charge is 0.320 e. The smallest absolute Gasteiger partial charge is 0.273 e. The Morgan fingerprint density at radius 2 is 1.91 bits per heavy atom. The lowest BCUT2D eigenvalue weighted by molar-refractivity contribution is 0.102. The van der Waals surface area contributed by atoms with E-state index < -0.39 is 0 Å². The highest BCUT2D eigenvalue weighted by Gasteiger charge is 2.13. The van der Waals surface area contributed by atoms with E-state index in [0.717, 1.165) is 5.56 Å². The van der Waals surface area contributed by atoms with Gasteiger partial charge in [0.15, 0.2) is 0 Å². The number of anilines is 1. The van der Waals surface area contributed by atoms with Crippen LogP contribution in [0.15, 0.2) is 53.0 Å². The molecule has 7 heteroatoms. The van der Waals surface area contributed by atoms with Crippen molar-refractivity contribution < 1.29 is 9.18 Å². The highest BCUT2D eigenvalue weighted by Crippen LogP contribution is 2.24. The van der Waals surface area contributed by atoms with Crippen LogP contribution in [0.1, 0.15) is 10.5 Å². The van der Waals surface area contributed by atoms with Crippen LogP contribution in [-0.2, 0) is 0 Å². The van der Waals surface area contributed by atoms with Gasteiger partial charge in [-0.25, -0.2) is 4.39 Å². The molecule has 0 aliphatic heterocycles. The number of aromatic nitrogens is 2. The minimum absolute atomic E-state index is 0.297. The molecule has 2 aromatic carbocycles. The number of benzene rings is 2. The number of carbonyl (C=O) groups excluding carboxylic acids is 1. The van der Waals surface area contributed by atoms with Crippen LogP contribution in [0.3, 0.4) is 0 Å². The maximum Gasteiger partial charge on any atom is 0.273 e. The van der Waals surface area contributed by atoms with Crippen molar-refractivity contribution in [1.29, 1.82) is 0 Å². The average Bonchev–Trinajstić information content (AvgIpc) is 3.01. The first-order valence-electron chi connectivity index (χ1n) is 6.61. The zero-order chi connectivity index (χ0) is 16.4. The van der Waals surface area contributed by atoms with E-state index in [1.807, 2.05) is 12.1 Å². The number of rotatable bonds is 3. The Kier molecular flexibility index (Phi) is 4.45. The molecule has 3 rings (SSSR count). The van der Waals surface area contributed by atoms with Crippen molar-refractivity contribution in [3.63, 3.8) is 0 Å². The van der Waals surface area contributed by atoms with E-state index in [0.29, 0.717) is 26.6 Å². The first-order valence-corrected chi connectivity index (χ1v) is 7.78. The van der Waals surface area contributed by atoms with Gasteiger partial charge in [-0.2, -0.15) is 5.10 Å². The van der Waals surface area contributed by atoms with Crippen molar-refractivity contribution in [2.75, 3.05) is 5.32 Å². The second-order valence-electron chi connectivity index (χ2n) is 4.75. The quantitative estimate of drug-likeness (QED) is 0.665. The molecule has 1 aromatic heterocycles. The standard InChI is InChI=1S/C16H10BrClFN3O/c17-12-7-11(19)5-6-13(12)20-16(23)15-8-14(21-22-15)9-1-3-10(18)4-2-9/h1-8H,(H,20,23)(H,21,22). The Morgan fingerprint density at radius 1 is 1.17 bits per heavy atom. The van der Waals surface area contributed by atoms with E-state index >= 15 is 0 Å². The van der Waals surface area contributed by atoms with Gasteiger partial charge in [-0.3, -0.25) is 9.89 Å². The lowest BCUT2D eigenvalue weighted by Gasteiger charge is -2.05. The summed E-state index contributed by atoms with van der Waals surface area (Å²) in [6.45, 7) is 0. The number of carbonyl (C=O) groups is 1. The Morgan fingerprint density at radius 3 is 2.61 bits per heavy atom. The first kappa shape index (κ1) is 15.7. The molecule has 3 aromatic rings. The summed E-state index contributed by atoms with van der Waals surface area (Å²) in [5.74, 6) is -0.758. The number of nitrogens with one attached hydrogen (secondary N) is 2. The molecule has 0 saturated carbocycles. The van der Waals surface area contributed by atoms with Gasteiger partial charge in [-0.05, 0) is 52.3 Å². The van der Waals surface area contributed by atoms with Crippen LogP contribution in [0, 0.1) is 5.82 Å². The Balaban J connectivity index is 1.79. The summed E-state index contributed by atoms with van der Waals surface area (Å²) in [6.07, 6.45) is 0. The van der Waals surface area contributed by atoms with Crippen LogP contribution < -0.4 is 5.32 Å². The van der Waals surface area contributed by atoms with Crippen molar-refractivity contribution in [2.45, 2.75) is 0 Å². The summed E-state index contributed by atoms with van der Waals surface area (Å²) in [7, 11) is 0. The van der Waals surface area contributed by atoms with Crippen molar-refractivity contribution in [3.05, 3.63) is 69.5 Å². The molecule has 23 heavy (non-hydrogen) atoms. The summed E-state index contributed by atoms with van der Waals surface area (Å²) in [5.41, 5.74) is 2.24. The van der Waals surface area contributed by atoms with E-state index in [4.69, 9.17) is 11.6 Å². The normalized spacial score (nSPS) is 10.6. The van der Waals surface area contributed by atoms with Crippen LogP contribution in [-0.4, -0.2) is 16.1 Å². The number of hydrogen-bond donors (Lipinski definition) is 2. The number of halogens is 3. The fourth-order valence-corrected chi connectivity index (χ4v) is 2.56. The maximum absolute atomic E-state index is 13.1. The minimum atomic E-state index is -0.388. The number of nitrogens with zero attached hydrogens (tertiary/aromatic N) is 1. The molecule has 0 unspecified atom stereocenters. The third-order valence-electron chi connectivity index (χ3n) is 3.14. The minimum Gasteiger partial charge on any atom is -0.320 e. The number of amides is 1. The predicted octanol–water partition coefficient (Wildman–Crippen LogP) is 4.88. The fourth-order valence-electron chi connectivity index (χ4n) is 1.99. The van der Waals surface area contributed by atoms with Gasteiger partial charge in [0.2, 0.25) is 0 Å². The van der Waals surface area contributed by atoms with Crippen LogP contribution in [0.2, 0.25) is 5.02 Å². The molecule has 1 heterocycles. The van der Waals surface area contributed by atoms with Crippen molar-refractivity contribution in [3.8, 4) is 11.3 Å². The average molecular weight is 395 g/mol. The highest BCUT2D eigenvalue weighted by molar-refractivity contribution is 9.10. The monoisotopic (exact) mass is 393 g/mol.